The first kappa shape index (κ1) is 34.1. The van der Waals surface area contributed by atoms with Crippen molar-refractivity contribution in [1.82, 2.24) is 10.6 Å². The van der Waals surface area contributed by atoms with Crippen LogP contribution >= 0.6 is 0 Å². The molecule has 0 aliphatic rings. The third-order valence-electron chi connectivity index (χ3n) is 6.38. The Morgan fingerprint density at radius 2 is 1.41 bits per heavy atom. The highest BCUT2D eigenvalue weighted by Gasteiger charge is 2.29. The van der Waals surface area contributed by atoms with Crippen LogP contribution in [0, 0.1) is 10.8 Å². The summed E-state index contributed by atoms with van der Waals surface area (Å²) in [6, 6.07) is 14.5. The molecular weight excluding hydrogens is 520 g/mol. The Kier molecular flexibility index (Phi) is 12.2. The summed E-state index contributed by atoms with van der Waals surface area (Å²) in [7, 11) is 0. The molecule has 0 saturated carbocycles. The number of nitrogens with one attached hydrogen (secondary N) is 2. The van der Waals surface area contributed by atoms with Gasteiger partial charge in [0.15, 0.2) is 11.5 Å². The highest BCUT2D eigenvalue weighted by atomic mass is 16.6. The summed E-state index contributed by atoms with van der Waals surface area (Å²) in [5.41, 5.74) is -0.295. The normalized spacial score (nSPS) is 13.0. The third-order valence-corrected chi connectivity index (χ3v) is 6.38. The Labute approximate surface area is 245 Å². The minimum Gasteiger partial charge on any atom is -0.422 e. The lowest BCUT2D eigenvalue weighted by Crippen LogP contribution is -2.49. The number of aliphatic hydroxyl groups excluding tert-OH is 1. The number of carbonyl (C=O) groups excluding carboxylic acids is 3. The average Bonchev–Trinajstić information content (AvgIpc) is 2.87. The van der Waals surface area contributed by atoms with E-state index in [0.29, 0.717) is 31.5 Å². The van der Waals surface area contributed by atoms with Crippen molar-refractivity contribution < 1.29 is 29.0 Å². The van der Waals surface area contributed by atoms with E-state index in [9.17, 15) is 19.5 Å². The standard InChI is InChI=1S/C33H48N2O6/c1-31(2,3)29(38)40-27-17-16-24(20-28(27)41-30(39)32(4,5)6)26(37)21-35-33(7,8)22-34-18-12-15-25(36)19-23-13-10-9-11-14-23/h9-11,13-14,16-17,20,26,34-35,37H,12,15,18-19,21-22H2,1-8H3. The first-order valence-electron chi connectivity index (χ1n) is 14.3. The predicted octanol–water partition coefficient (Wildman–Crippen LogP) is 5.17. The molecule has 0 spiro atoms. The Morgan fingerprint density at radius 1 is 0.829 bits per heavy atom. The Balaban J connectivity index is 1.92. The number of benzene rings is 2. The summed E-state index contributed by atoms with van der Waals surface area (Å²) in [5, 5.41) is 17.7. The largest absolute Gasteiger partial charge is 0.422 e. The van der Waals surface area contributed by atoms with E-state index in [4.69, 9.17) is 9.47 Å². The minimum atomic E-state index is -0.899. The lowest BCUT2D eigenvalue weighted by Gasteiger charge is -2.28. The molecule has 8 heteroatoms. The second kappa shape index (κ2) is 14.7. The molecule has 0 aliphatic heterocycles. The van der Waals surface area contributed by atoms with Gasteiger partial charge >= 0.3 is 11.9 Å². The zero-order chi connectivity index (χ0) is 30.8. The first-order valence-corrected chi connectivity index (χ1v) is 14.3. The number of esters is 2. The van der Waals surface area contributed by atoms with Crippen LogP contribution in [0.5, 0.6) is 11.5 Å². The van der Waals surface area contributed by atoms with Gasteiger partial charge in [-0.05, 0) is 91.6 Å². The molecule has 0 aliphatic carbocycles. The Hall–Kier alpha value is -3.07. The van der Waals surface area contributed by atoms with Crippen molar-refractivity contribution in [2.24, 2.45) is 10.8 Å². The zero-order valence-corrected chi connectivity index (χ0v) is 25.9. The maximum atomic E-state index is 12.6. The van der Waals surface area contributed by atoms with Crippen molar-refractivity contribution in [2.45, 2.75) is 86.3 Å². The number of Topliss-reactive ketones (excluding diaryl/α,β-unsaturated/α-hetero) is 1. The molecule has 0 radical (unpaired) electrons. The van der Waals surface area contributed by atoms with Crippen LogP contribution in [-0.4, -0.2) is 48.0 Å². The van der Waals surface area contributed by atoms with E-state index >= 15 is 0 Å². The summed E-state index contributed by atoms with van der Waals surface area (Å²) in [6.45, 7) is 16.1. The number of β-amino-alcohol motifs (C(OH)–C–C–N with tert-alkyl or cyclic N) is 1. The summed E-state index contributed by atoms with van der Waals surface area (Å²) in [5.74, 6) is -0.509. The van der Waals surface area contributed by atoms with Crippen LogP contribution in [0.2, 0.25) is 0 Å². The molecule has 2 aromatic carbocycles. The molecule has 2 aromatic rings. The van der Waals surface area contributed by atoms with Gasteiger partial charge in [0.25, 0.3) is 0 Å². The van der Waals surface area contributed by atoms with Crippen LogP contribution in [0.25, 0.3) is 0 Å². The number of carbonyl (C=O) groups is 3. The van der Waals surface area contributed by atoms with Crippen molar-refractivity contribution in [2.75, 3.05) is 19.6 Å². The monoisotopic (exact) mass is 568 g/mol. The summed E-state index contributed by atoms with van der Waals surface area (Å²) in [4.78, 5) is 37.3. The quantitative estimate of drug-likeness (QED) is 0.162. The number of hydrogen-bond acceptors (Lipinski definition) is 8. The number of ether oxygens (including phenoxy) is 2. The van der Waals surface area contributed by atoms with Gasteiger partial charge < -0.3 is 25.2 Å². The van der Waals surface area contributed by atoms with E-state index in [1.165, 1.54) is 0 Å². The molecule has 0 aromatic heterocycles. The molecule has 1 unspecified atom stereocenters. The number of ketones is 1. The van der Waals surface area contributed by atoms with E-state index < -0.39 is 28.9 Å². The van der Waals surface area contributed by atoms with Gasteiger partial charge in [-0.2, -0.15) is 0 Å². The number of rotatable bonds is 14. The van der Waals surface area contributed by atoms with Gasteiger partial charge in [-0.3, -0.25) is 14.4 Å². The highest BCUT2D eigenvalue weighted by Crippen LogP contribution is 2.34. The van der Waals surface area contributed by atoms with Crippen LogP contribution < -0.4 is 20.1 Å². The number of aliphatic hydroxyl groups is 1. The van der Waals surface area contributed by atoms with Crippen molar-refractivity contribution in [3.8, 4) is 11.5 Å². The van der Waals surface area contributed by atoms with E-state index in [2.05, 4.69) is 10.6 Å². The Morgan fingerprint density at radius 3 is 2.00 bits per heavy atom. The molecule has 1 atom stereocenters. The van der Waals surface area contributed by atoms with E-state index in [1.807, 2.05) is 44.2 Å². The fraction of sp³-hybridized carbons (Fsp3) is 0.545. The van der Waals surface area contributed by atoms with Crippen molar-refractivity contribution in [3.05, 3.63) is 59.7 Å². The molecule has 0 fully saturated rings. The second-order valence-corrected chi connectivity index (χ2v) is 13.2. The van der Waals surface area contributed by atoms with E-state index in [1.54, 1.807) is 59.7 Å². The molecule has 8 nitrogen and oxygen atoms in total. The molecule has 0 saturated heterocycles. The highest BCUT2D eigenvalue weighted by molar-refractivity contribution is 5.81. The van der Waals surface area contributed by atoms with Crippen LogP contribution in [0.1, 0.15) is 85.5 Å². The summed E-state index contributed by atoms with van der Waals surface area (Å²) >= 11 is 0. The van der Waals surface area contributed by atoms with Gasteiger partial charge in [-0.15, -0.1) is 0 Å². The van der Waals surface area contributed by atoms with Crippen LogP contribution in [0.15, 0.2) is 48.5 Å². The van der Waals surface area contributed by atoms with Crippen LogP contribution in [-0.2, 0) is 20.8 Å². The number of hydrogen-bond donors (Lipinski definition) is 3. The van der Waals surface area contributed by atoms with Gasteiger partial charge in [0.05, 0.1) is 16.9 Å². The van der Waals surface area contributed by atoms with Gasteiger partial charge in [-0.25, -0.2) is 0 Å². The molecular formula is C33H48N2O6. The maximum absolute atomic E-state index is 12.6. The van der Waals surface area contributed by atoms with Gasteiger partial charge in [0.2, 0.25) is 0 Å². The fourth-order valence-electron chi connectivity index (χ4n) is 3.68. The predicted molar refractivity (Wildman–Crippen MR) is 161 cm³/mol. The molecule has 226 valence electrons. The fourth-order valence-corrected chi connectivity index (χ4v) is 3.68. The molecule has 0 heterocycles. The van der Waals surface area contributed by atoms with Crippen molar-refractivity contribution in [3.63, 3.8) is 0 Å². The van der Waals surface area contributed by atoms with Gasteiger partial charge in [0, 0.05) is 31.5 Å². The maximum Gasteiger partial charge on any atom is 0.316 e. The van der Waals surface area contributed by atoms with Crippen LogP contribution in [0.4, 0.5) is 0 Å². The summed E-state index contributed by atoms with van der Waals surface area (Å²) in [6.07, 6.45) is 0.844. The van der Waals surface area contributed by atoms with Crippen LogP contribution in [0.3, 0.4) is 0 Å². The molecule has 0 bridgehead atoms. The van der Waals surface area contributed by atoms with E-state index in [0.717, 1.165) is 12.0 Å². The summed E-state index contributed by atoms with van der Waals surface area (Å²) < 4.78 is 11.1. The third kappa shape index (κ3) is 12.1. The minimum absolute atomic E-state index is 0.0850. The van der Waals surface area contributed by atoms with Crippen molar-refractivity contribution >= 4 is 17.7 Å². The second-order valence-electron chi connectivity index (χ2n) is 13.2. The molecule has 0 amide bonds. The zero-order valence-electron chi connectivity index (χ0n) is 25.9. The SMILES string of the molecule is CC(C)(CNCCCC(=O)Cc1ccccc1)NCC(O)c1ccc(OC(=O)C(C)(C)C)c(OC(=O)C(C)(C)C)c1. The molecule has 3 N–H and O–H groups in total. The van der Waals surface area contributed by atoms with Crippen molar-refractivity contribution in [1.29, 1.82) is 0 Å². The first-order chi connectivity index (χ1) is 19.0. The van der Waals surface area contributed by atoms with Gasteiger partial charge in [0.1, 0.15) is 5.78 Å². The topological polar surface area (TPSA) is 114 Å². The molecule has 41 heavy (non-hydrogen) atoms. The Bertz CT molecular complexity index is 1160. The average molecular weight is 569 g/mol. The lowest BCUT2D eigenvalue weighted by atomic mass is 9.97. The molecule has 2 rings (SSSR count). The lowest BCUT2D eigenvalue weighted by molar-refractivity contribution is -0.145. The van der Waals surface area contributed by atoms with E-state index in [-0.39, 0.29) is 29.4 Å². The smallest absolute Gasteiger partial charge is 0.316 e. The van der Waals surface area contributed by atoms with Gasteiger partial charge in [-0.1, -0.05) is 36.4 Å².